The molecule has 1 amide bonds. The predicted molar refractivity (Wildman–Crippen MR) is 107 cm³/mol. The van der Waals surface area contributed by atoms with Gasteiger partial charge in [-0.15, -0.1) is 0 Å². The summed E-state index contributed by atoms with van der Waals surface area (Å²) in [6, 6.07) is 14.4. The van der Waals surface area contributed by atoms with E-state index in [0.717, 1.165) is 42.0 Å². The Bertz CT molecular complexity index is 770. The highest BCUT2D eigenvalue weighted by atomic mass is 16.5. The molecule has 1 heterocycles. The van der Waals surface area contributed by atoms with Crippen molar-refractivity contribution in [2.24, 2.45) is 0 Å². The predicted octanol–water partition coefficient (Wildman–Crippen LogP) is 4.83. The third kappa shape index (κ3) is 4.82. The smallest absolute Gasteiger partial charge is 0.226 e. The Morgan fingerprint density at radius 3 is 2.63 bits per heavy atom. The number of rotatable bonds is 7. The molecule has 4 nitrogen and oxygen atoms in total. The average molecular weight is 367 g/mol. The third-order valence-corrected chi connectivity index (χ3v) is 5.07. The summed E-state index contributed by atoms with van der Waals surface area (Å²) >= 11 is 0. The number of nitrogens with zero attached hydrogens (tertiary/aromatic N) is 1. The number of hydrogen-bond donors (Lipinski definition) is 0. The fourth-order valence-electron chi connectivity index (χ4n) is 3.62. The molecule has 1 fully saturated rings. The monoisotopic (exact) mass is 367 g/mol. The van der Waals surface area contributed by atoms with Crippen LogP contribution in [-0.2, 0) is 4.79 Å². The minimum absolute atomic E-state index is 0.161. The van der Waals surface area contributed by atoms with Crippen molar-refractivity contribution in [2.45, 2.75) is 46.1 Å². The van der Waals surface area contributed by atoms with Crippen molar-refractivity contribution in [2.75, 3.05) is 19.8 Å². The van der Waals surface area contributed by atoms with Gasteiger partial charge in [-0.05, 0) is 68.5 Å². The van der Waals surface area contributed by atoms with Gasteiger partial charge in [0.05, 0.1) is 25.7 Å². The van der Waals surface area contributed by atoms with E-state index >= 15 is 0 Å². The molecule has 1 unspecified atom stereocenters. The summed E-state index contributed by atoms with van der Waals surface area (Å²) in [6.07, 6.45) is 2.46. The van der Waals surface area contributed by atoms with E-state index in [1.807, 2.05) is 43.9 Å². The Morgan fingerprint density at radius 1 is 1.11 bits per heavy atom. The molecule has 0 N–H and O–H groups in total. The van der Waals surface area contributed by atoms with Crippen LogP contribution >= 0.6 is 0 Å². The molecule has 0 saturated carbocycles. The van der Waals surface area contributed by atoms with Gasteiger partial charge in [0, 0.05) is 6.54 Å². The second kappa shape index (κ2) is 8.94. The van der Waals surface area contributed by atoms with E-state index in [4.69, 9.17) is 9.47 Å². The summed E-state index contributed by atoms with van der Waals surface area (Å²) in [6.45, 7) is 7.94. The van der Waals surface area contributed by atoms with Crippen LogP contribution in [0.15, 0.2) is 42.5 Å². The first-order valence-corrected chi connectivity index (χ1v) is 9.80. The molecule has 0 spiro atoms. The van der Waals surface area contributed by atoms with Crippen molar-refractivity contribution >= 4 is 5.91 Å². The normalized spacial score (nSPS) is 16.4. The first-order valence-electron chi connectivity index (χ1n) is 9.80. The minimum atomic E-state index is 0.161. The van der Waals surface area contributed by atoms with Crippen LogP contribution in [-0.4, -0.2) is 30.6 Å². The lowest BCUT2D eigenvalue weighted by Crippen LogP contribution is -2.31. The van der Waals surface area contributed by atoms with Crippen molar-refractivity contribution in [1.82, 2.24) is 4.90 Å². The lowest BCUT2D eigenvalue weighted by atomic mass is 10.0. The van der Waals surface area contributed by atoms with E-state index in [9.17, 15) is 4.79 Å². The van der Waals surface area contributed by atoms with Gasteiger partial charge in [0.1, 0.15) is 11.5 Å². The van der Waals surface area contributed by atoms with E-state index in [2.05, 4.69) is 24.3 Å². The maximum absolute atomic E-state index is 12.8. The molecule has 1 aliphatic heterocycles. The summed E-state index contributed by atoms with van der Waals surface area (Å²) in [4.78, 5) is 14.8. The van der Waals surface area contributed by atoms with Gasteiger partial charge in [-0.2, -0.15) is 0 Å². The number of carbonyl (C=O) groups excluding carboxylic acids is 1. The summed E-state index contributed by atoms with van der Waals surface area (Å²) in [7, 11) is 0. The maximum Gasteiger partial charge on any atom is 0.226 e. The van der Waals surface area contributed by atoms with Crippen LogP contribution in [0.1, 0.15) is 48.9 Å². The summed E-state index contributed by atoms with van der Waals surface area (Å²) in [5, 5.41) is 0. The lowest BCUT2D eigenvalue weighted by molar-refractivity contribution is -0.132. The summed E-state index contributed by atoms with van der Waals surface area (Å²) in [5.74, 6) is 1.91. The molecular formula is C23H29NO3. The lowest BCUT2D eigenvalue weighted by Gasteiger charge is -2.25. The van der Waals surface area contributed by atoms with Crippen molar-refractivity contribution < 1.29 is 14.3 Å². The number of benzene rings is 2. The molecule has 27 heavy (non-hydrogen) atoms. The Hall–Kier alpha value is -2.49. The van der Waals surface area contributed by atoms with Gasteiger partial charge in [0.2, 0.25) is 5.91 Å². The van der Waals surface area contributed by atoms with Crippen LogP contribution < -0.4 is 9.47 Å². The molecule has 2 aromatic carbocycles. The molecular weight excluding hydrogens is 338 g/mol. The van der Waals surface area contributed by atoms with Crippen molar-refractivity contribution in [3.63, 3.8) is 0 Å². The SMILES string of the molecule is CCOc1ccc(C2CCCN2C(=O)CCOc2cc(C)ccc2C)cc1. The van der Waals surface area contributed by atoms with Gasteiger partial charge >= 0.3 is 0 Å². The van der Waals surface area contributed by atoms with Crippen molar-refractivity contribution in [3.8, 4) is 11.5 Å². The number of hydrogen-bond acceptors (Lipinski definition) is 3. The number of carbonyl (C=O) groups is 1. The molecule has 1 saturated heterocycles. The van der Waals surface area contributed by atoms with Gasteiger partial charge in [-0.25, -0.2) is 0 Å². The van der Waals surface area contributed by atoms with Crippen molar-refractivity contribution in [1.29, 1.82) is 0 Å². The topological polar surface area (TPSA) is 38.8 Å². The van der Waals surface area contributed by atoms with E-state index in [0.29, 0.717) is 19.6 Å². The number of amides is 1. The molecule has 4 heteroatoms. The Kier molecular flexibility index (Phi) is 6.38. The Labute approximate surface area is 162 Å². The standard InChI is InChI=1S/C23H29NO3/c1-4-26-20-11-9-19(10-12-20)21-6-5-14-24(21)23(25)13-15-27-22-16-17(2)7-8-18(22)3/h7-12,16,21H,4-6,13-15H2,1-3H3. The fourth-order valence-corrected chi connectivity index (χ4v) is 3.62. The highest BCUT2D eigenvalue weighted by Gasteiger charge is 2.29. The van der Waals surface area contributed by atoms with Crippen molar-refractivity contribution in [3.05, 3.63) is 59.2 Å². The highest BCUT2D eigenvalue weighted by molar-refractivity contribution is 5.77. The molecule has 0 aliphatic carbocycles. The van der Waals surface area contributed by atoms with Gasteiger partial charge in [-0.3, -0.25) is 4.79 Å². The molecule has 0 radical (unpaired) electrons. The molecule has 1 aliphatic rings. The van der Waals surface area contributed by atoms with Gasteiger partial charge in [-0.1, -0.05) is 24.3 Å². The number of ether oxygens (including phenoxy) is 2. The molecule has 144 valence electrons. The summed E-state index contributed by atoms with van der Waals surface area (Å²) in [5.41, 5.74) is 3.44. The molecule has 0 bridgehead atoms. The van der Waals surface area contributed by atoms with E-state index < -0.39 is 0 Å². The first-order chi connectivity index (χ1) is 13.1. The molecule has 2 aromatic rings. The second-order valence-electron chi connectivity index (χ2n) is 7.11. The average Bonchev–Trinajstić information content (AvgIpc) is 3.15. The zero-order valence-electron chi connectivity index (χ0n) is 16.5. The van der Waals surface area contributed by atoms with Gasteiger partial charge in [0.25, 0.3) is 0 Å². The Morgan fingerprint density at radius 2 is 1.89 bits per heavy atom. The fraction of sp³-hybridized carbons (Fsp3) is 0.435. The zero-order valence-corrected chi connectivity index (χ0v) is 16.5. The quantitative estimate of drug-likeness (QED) is 0.703. The minimum Gasteiger partial charge on any atom is -0.494 e. The second-order valence-corrected chi connectivity index (χ2v) is 7.11. The Balaban J connectivity index is 1.57. The van der Waals surface area contributed by atoms with E-state index in [1.54, 1.807) is 0 Å². The van der Waals surface area contributed by atoms with Crippen LogP contribution in [0.25, 0.3) is 0 Å². The summed E-state index contributed by atoms with van der Waals surface area (Å²) < 4.78 is 11.4. The largest absolute Gasteiger partial charge is 0.494 e. The number of aryl methyl sites for hydroxylation is 2. The van der Waals surface area contributed by atoms with Gasteiger partial charge in [0.15, 0.2) is 0 Å². The third-order valence-electron chi connectivity index (χ3n) is 5.07. The van der Waals surface area contributed by atoms with Crippen LogP contribution in [0.5, 0.6) is 11.5 Å². The maximum atomic E-state index is 12.8. The van der Waals surface area contributed by atoms with E-state index in [1.165, 1.54) is 5.56 Å². The van der Waals surface area contributed by atoms with Crippen LogP contribution in [0.3, 0.4) is 0 Å². The molecule has 3 rings (SSSR count). The van der Waals surface area contributed by atoms with Crippen LogP contribution in [0.4, 0.5) is 0 Å². The van der Waals surface area contributed by atoms with Crippen LogP contribution in [0, 0.1) is 13.8 Å². The zero-order chi connectivity index (χ0) is 19.2. The van der Waals surface area contributed by atoms with E-state index in [-0.39, 0.29) is 11.9 Å². The number of likely N-dealkylation sites (tertiary alicyclic amines) is 1. The molecule has 1 atom stereocenters. The van der Waals surface area contributed by atoms with Gasteiger partial charge < -0.3 is 14.4 Å². The highest BCUT2D eigenvalue weighted by Crippen LogP contribution is 2.33. The first kappa shape index (κ1) is 19.3. The molecule has 0 aromatic heterocycles. The van der Waals surface area contributed by atoms with Crippen LogP contribution in [0.2, 0.25) is 0 Å².